The lowest BCUT2D eigenvalue weighted by molar-refractivity contribution is 0.0937. The van der Waals surface area contributed by atoms with Crippen LogP contribution in [0.3, 0.4) is 0 Å². The number of aliphatic hydroxyl groups excluding tert-OH is 1. The molecule has 0 unspecified atom stereocenters. The summed E-state index contributed by atoms with van der Waals surface area (Å²) in [5, 5.41) is 11.9. The molecule has 4 nitrogen and oxygen atoms in total. The number of nitrogens with one attached hydrogen (secondary N) is 1. The fourth-order valence-electron chi connectivity index (χ4n) is 2.59. The lowest BCUT2D eigenvalue weighted by Gasteiger charge is -2.31. The summed E-state index contributed by atoms with van der Waals surface area (Å²) >= 11 is 0. The van der Waals surface area contributed by atoms with E-state index in [-0.39, 0.29) is 6.61 Å². The molecule has 108 valence electrons. The Hall–Kier alpha value is -0.160. The molecule has 0 atom stereocenters. The van der Waals surface area contributed by atoms with Crippen LogP contribution in [-0.4, -0.2) is 62.6 Å². The maximum absolute atomic E-state index is 8.54. The van der Waals surface area contributed by atoms with E-state index in [0.29, 0.717) is 13.2 Å². The predicted octanol–water partition coefficient (Wildman–Crippen LogP) is 1.24. The van der Waals surface area contributed by atoms with Gasteiger partial charge in [-0.1, -0.05) is 19.3 Å². The number of nitrogens with zero attached hydrogens (tertiary/aromatic N) is 1. The highest BCUT2D eigenvalue weighted by molar-refractivity contribution is 4.73. The summed E-state index contributed by atoms with van der Waals surface area (Å²) in [6.07, 6.45) is 8.23. The zero-order valence-electron chi connectivity index (χ0n) is 11.9. The van der Waals surface area contributed by atoms with E-state index < -0.39 is 0 Å². The van der Waals surface area contributed by atoms with Crippen LogP contribution in [0.15, 0.2) is 0 Å². The minimum atomic E-state index is 0.117. The van der Waals surface area contributed by atoms with Crippen molar-refractivity contribution in [3.63, 3.8) is 0 Å². The van der Waals surface area contributed by atoms with Gasteiger partial charge >= 0.3 is 0 Å². The number of aliphatic hydroxyl groups is 1. The molecule has 18 heavy (non-hydrogen) atoms. The Morgan fingerprint density at radius 3 is 2.67 bits per heavy atom. The Labute approximate surface area is 112 Å². The molecule has 0 bridgehead atoms. The van der Waals surface area contributed by atoms with Gasteiger partial charge in [-0.05, 0) is 39.4 Å². The summed E-state index contributed by atoms with van der Waals surface area (Å²) < 4.78 is 5.18. The monoisotopic (exact) mass is 258 g/mol. The Morgan fingerprint density at radius 2 is 1.94 bits per heavy atom. The minimum Gasteiger partial charge on any atom is -0.394 e. The first-order valence-electron chi connectivity index (χ1n) is 7.44. The zero-order valence-corrected chi connectivity index (χ0v) is 11.9. The van der Waals surface area contributed by atoms with Gasteiger partial charge in [0, 0.05) is 12.6 Å². The van der Waals surface area contributed by atoms with Gasteiger partial charge in [0.05, 0.1) is 19.8 Å². The van der Waals surface area contributed by atoms with Crippen LogP contribution < -0.4 is 5.32 Å². The summed E-state index contributed by atoms with van der Waals surface area (Å²) in [4.78, 5) is 2.53. The van der Waals surface area contributed by atoms with Crippen LogP contribution in [0.2, 0.25) is 0 Å². The van der Waals surface area contributed by atoms with Crippen LogP contribution in [0, 0.1) is 0 Å². The van der Waals surface area contributed by atoms with E-state index >= 15 is 0 Å². The topological polar surface area (TPSA) is 44.7 Å². The van der Waals surface area contributed by atoms with Gasteiger partial charge in [0.15, 0.2) is 0 Å². The summed E-state index contributed by atoms with van der Waals surface area (Å²) in [5.41, 5.74) is 0. The van der Waals surface area contributed by atoms with E-state index in [1.54, 1.807) is 0 Å². The van der Waals surface area contributed by atoms with E-state index in [4.69, 9.17) is 9.84 Å². The molecule has 0 amide bonds. The molecule has 1 fully saturated rings. The number of hydrogen-bond donors (Lipinski definition) is 2. The van der Waals surface area contributed by atoms with Crippen LogP contribution >= 0.6 is 0 Å². The van der Waals surface area contributed by atoms with Crippen molar-refractivity contribution in [2.75, 3.05) is 46.5 Å². The fourth-order valence-corrected chi connectivity index (χ4v) is 2.59. The second kappa shape index (κ2) is 10.7. The van der Waals surface area contributed by atoms with Crippen LogP contribution in [0.25, 0.3) is 0 Å². The highest BCUT2D eigenvalue weighted by Gasteiger charge is 2.16. The molecule has 0 saturated heterocycles. The largest absolute Gasteiger partial charge is 0.394 e. The van der Waals surface area contributed by atoms with Crippen molar-refractivity contribution in [3.05, 3.63) is 0 Å². The van der Waals surface area contributed by atoms with Gasteiger partial charge in [-0.15, -0.1) is 0 Å². The first kappa shape index (κ1) is 15.9. The van der Waals surface area contributed by atoms with E-state index in [0.717, 1.165) is 19.1 Å². The highest BCUT2D eigenvalue weighted by Crippen LogP contribution is 2.21. The molecule has 2 N–H and O–H groups in total. The second-order valence-electron chi connectivity index (χ2n) is 5.21. The molecule has 1 rings (SSSR count). The van der Waals surface area contributed by atoms with Crippen molar-refractivity contribution in [2.24, 2.45) is 0 Å². The molecule has 0 aromatic rings. The molecule has 1 saturated carbocycles. The lowest BCUT2D eigenvalue weighted by Crippen LogP contribution is -2.35. The molecule has 4 heteroatoms. The van der Waals surface area contributed by atoms with E-state index in [1.807, 2.05) is 0 Å². The molecular formula is C14H30N2O2. The van der Waals surface area contributed by atoms with E-state index in [2.05, 4.69) is 17.3 Å². The fraction of sp³-hybridized carbons (Fsp3) is 1.00. The summed E-state index contributed by atoms with van der Waals surface area (Å²) in [6.45, 7) is 4.39. The Balaban J connectivity index is 1.87. The predicted molar refractivity (Wildman–Crippen MR) is 74.9 cm³/mol. The minimum absolute atomic E-state index is 0.117. The third-order valence-corrected chi connectivity index (χ3v) is 3.72. The Morgan fingerprint density at radius 1 is 1.17 bits per heavy atom. The third kappa shape index (κ3) is 7.31. The normalized spacial score (nSPS) is 17.5. The van der Waals surface area contributed by atoms with Crippen LogP contribution in [0.1, 0.15) is 38.5 Å². The highest BCUT2D eigenvalue weighted by atomic mass is 16.5. The standard InChI is InChI=1S/C14H30N2O2/c1-16(14-6-3-2-4-7-14)10-5-8-15-9-12-18-13-11-17/h14-15,17H,2-13H2,1H3. The maximum atomic E-state index is 8.54. The van der Waals surface area contributed by atoms with Gasteiger partial charge in [0.2, 0.25) is 0 Å². The average molecular weight is 258 g/mol. The molecular weight excluding hydrogens is 228 g/mol. The van der Waals surface area contributed by atoms with Gasteiger partial charge in [0.1, 0.15) is 0 Å². The molecule has 0 heterocycles. The first-order chi connectivity index (χ1) is 8.84. The van der Waals surface area contributed by atoms with Crippen molar-refractivity contribution in [3.8, 4) is 0 Å². The Kier molecular flexibility index (Phi) is 9.48. The number of hydrogen-bond acceptors (Lipinski definition) is 4. The molecule has 0 aromatic carbocycles. The smallest absolute Gasteiger partial charge is 0.0698 e. The van der Waals surface area contributed by atoms with Gasteiger partial charge < -0.3 is 20.1 Å². The number of rotatable bonds is 10. The Bertz CT molecular complexity index is 185. The summed E-state index contributed by atoms with van der Waals surface area (Å²) in [6, 6.07) is 0.826. The van der Waals surface area contributed by atoms with Gasteiger partial charge in [-0.3, -0.25) is 0 Å². The molecule has 1 aliphatic rings. The molecule has 0 aromatic heterocycles. The van der Waals surface area contributed by atoms with Gasteiger partial charge in [-0.25, -0.2) is 0 Å². The van der Waals surface area contributed by atoms with Crippen LogP contribution in [0.5, 0.6) is 0 Å². The maximum Gasteiger partial charge on any atom is 0.0698 e. The van der Waals surface area contributed by atoms with E-state index in [9.17, 15) is 0 Å². The van der Waals surface area contributed by atoms with Crippen molar-refractivity contribution in [1.82, 2.24) is 10.2 Å². The van der Waals surface area contributed by atoms with Crippen LogP contribution in [0.4, 0.5) is 0 Å². The average Bonchev–Trinajstić information content (AvgIpc) is 2.42. The van der Waals surface area contributed by atoms with Crippen molar-refractivity contribution < 1.29 is 9.84 Å². The molecule has 1 aliphatic carbocycles. The molecule has 0 spiro atoms. The third-order valence-electron chi connectivity index (χ3n) is 3.72. The summed E-state index contributed by atoms with van der Waals surface area (Å²) in [5.74, 6) is 0. The van der Waals surface area contributed by atoms with Crippen LogP contribution in [-0.2, 0) is 4.74 Å². The van der Waals surface area contributed by atoms with Gasteiger partial charge in [0.25, 0.3) is 0 Å². The molecule has 0 aliphatic heterocycles. The van der Waals surface area contributed by atoms with Crippen molar-refractivity contribution >= 4 is 0 Å². The lowest BCUT2D eigenvalue weighted by atomic mass is 9.94. The van der Waals surface area contributed by atoms with Gasteiger partial charge in [-0.2, -0.15) is 0 Å². The van der Waals surface area contributed by atoms with Crippen molar-refractivity contribution in [1.29, 1.82) is 0 Å². The van der Waals surface area contributed by atoms with Crippen molar-refractivity contribution in [2.45, 2.75) is 44.6 Å². The first-order valence-corrected chi connectivity index (χ1v) is 7.44. The summed E-state index contributed by atoms with van der Waals surface area (Å²) in [7, 11) is 2.26. The number of ether oxygens (including phenoxy) is 1. The van der Waals surface area contributed by atoms with E-state index in [1.165, 1.54) is 45.1 Å². The molecule has 0 radical (unpaired) electrons. The quantitative estimate of drug-likeness (QED) is 0.579. The SMILES string of the molecule is CN(CCCNCCOCCO)C1CCCCC1. The second-order valence-corrected chi connectivity index (χ2v) is 5.21. The zero-order chi connectivity index (χ0) is 13.1.